The number of fused-ring (bicyclic) bond motifs is 2. The number of aromatic nitrogens is 2. The Kier molecular flexibility index (Phi) is 6.53. The molecule has 2 aliphatic rings. The van der Waals surface area contributed by atoms with Gasteiger partial charge in [-0.3, -0.25) is 9.88 Å². The monoisotopic (exact) mass is 482 g/mol. The molecule has 2 aromatic heterocycles. The van der Waals surface area contributed by atoms with Gasteiger partial charge in [0.2, 0.25) is 5.88 Å². The molecule has 184 valence electrons. The van der Waals surface area contributed by atoms with Crippen molar-refractivity contribution in [3.8, 4) is 17.4 Å². The molecule has 1 amide bonds. The maximum absolute atomic E-state index is 12.5. The van der Waals surface area contributed by atoms with Crippen molar-refractivity contribution in [1.82, 2.24) is 15.3 Å². The van der Waals surface area contributed by atoms with E-state index in [0.29, 0.717) is 48.3 Å². The van der Waals surface area contributed by atoms with Gasteiger partial charge in [-0.1, -0.05) is 0 Å². The highest BCUT2D eigenvalue weighted by atomic mass is 16.6. The SMILES string of the molecule is COc1ccc2nccc(CNC[C@H](O)[C@@H](O)[C@@H]3CN(c4ccc5c(c4)OCCO5)C(=O)O3)c2n1. The van der Waals surface area contributed by atoms with E-state index in [2.05, 4.69) is 15.3 Å². The quantitative estimate of drug-likeness (QED) is 0.430. The maximum Gasteiger partial charge on any atom is 0.414 e. The molecule has 35 heavy (non-hydrogen) atoms. The van der Waals surface area contributed by atoms with Crippen LogP contribution in [0.5, 0.6) is 17.4 Å². The third kappa shape index (κ3) is 4.78. The molecular formula is C24H26N4O7. The van der Waals surface area contributed by atoms with Crippen LogP contribution < -0.4 is 24.4 Å². The van der Waals surface area contributed by atoms with E-state index < -0.39 is 24.4 Å². The lowest BCUT2D eigenvalue weighted by molar-refractivity contribution is -0.0460. The Morgan fingerprint density at radius 3 is 2.83 bits per heavy atom. The molecule has 2 aliphatic heterocycles. The number of aliphatic hydroxyl groups is 2. The van der Waals surface area contributed by atoms with Gasteiger partial charge in [-0.05, 0) is 29.8 Å². The first-order chi connectivity index (χ1) is 17.0. The normalized spacial score (nSPS) is 18.9. The number of hydrogen-bond acceptors (Lipinski definition) is 10. The topological polar surface area (TPSA) is 136 Å². The second kappa shape index (κ2) is 9.90. The van der Waals surface area contributed by atoms with Crippen LogP contribution in [-0.2, 0) is 11.3 Å². The number of rotatable bonds is 8. The number of cyclic esters (lactones) is 1. The van der Waals surface area contributed by atoms with Gasteiger partial charge in [-0.15, -0.1) is 0 Å². The number of carbonyl (C=O) groups excluding carboxylic acids is 1. The van der Waals surface area contributed by atoms with Crippen molar-refractivity contribution >= 4 is 22.8 Å². The highest BCUT2D eigenvalue weighted by molar-refractivity contribution is 5.90. The molecular weight excluding hydrogens is 456 g/mol. The molecule has 0 saturated carbocycles. The van der Waals surface area contributed by atoms with Crippen molar-refractivity contribution in [2.24, 2.45) is 0 Å². The van der Waals surface area contributed by atoms with Gasteiger partial charge in [0.05, 0.1) is 36.5 Å². The van der Waals surface area contributed by atoms with Gasteiger partial charge < -0.3 is 34.5 Å². The number of carbonyl (C=O) groups is 1. The highest BCUT2D eigenvalue weighted by Crippen LogP contribution is 2.35. The number of nitrogens with zero attached hydrogens (tertiary/aromatic N) is 3. The van der Waals surface area contributed by atoms with Crippen LogP contribution in [-0.4, -0.2) is 78.0 Å². The minimum absolute atomic E-state index is 0.0764. The van der Waals surface area contributed by atoms with E-state index in [1.165, 1.54) is 4.90 Å². The Morgan fingerprint density at radius 1 is 1.17 bits per heavy atom. The third-order valence-corrected chi connectivity index (χ3v) is 5.97. The molecule has 1 saturated heterocycles. The largest absolute Gasteiger partial charge is 0.486 e. The Hall–Kier alpha value is -3.67. The molecule has 11 nitrogen and oxygen atoms in total. The zero-order valence-electron chi connectivity index (χ0n) is 19.1. The summed E-state index contributed by atoms with van der Waals surface area (Å²) >= 11 is 0. The molecule has 3 N–H and O–H groups in total. The molecule has 0 radical (unpaired) electrons. The first-order valence-corrected chi connectivity index (χ1v) is 11.3. The van der Waals surface area contributed by atoms with Crippen LogP contribution in [0.15, 0.2) is 42.6 Å². The summed E-state index contributed by atoms with van der Waals surface area (Å²) in [5.41, 5.74) is 2.85. The molecule has 1 aromatic carbocycles. The number of aliphatic hydroxyl groups excluding tert-OH is 2. The molecule has 11 heteroatoms. The Labute approximate surface area is 201 Å². The summed E-state index contributed by atoms with van der Waals surface area (Å²) in [5, 5.41) is 24.3. The lowest BCUT2D eigenvalue weighted by Crippen LogP contribution is -2.44. The molecule has 4 heterocycles. The van der Waals surface area contributed by atoms with Crippen LogP contribution in [0.2, 0.25) is 0 Å². The van der Waals surface area contributed by atoms with Crippen LogP contribution in [0, 0.1) is 0 Å². The van der Waals surface area contributed by atoms with E-state index in [-0.39, 0.29) is 13.1 Å². The first-order valence-electron chi connectivity index (χ1n) is 11.3. The van der Waals surface area contributed by atoms with Crippen LogP contribution in [0.1, 0.15) is 5.56 Å². The van der Waals surface area contributed by atoms with Crippen molar-refractivity contribution in [3.63, 3.8) is 0 Å². The lowest BCUT2D eigenvalue weighted by atomic mass is 10.1. The van der Waals surface area contributed by atoms with Gasteiger partial charge in [0.1, 0.15) is 19.3 Å². The minimum atomic E-state index is -1.28. The summed E-state index contributed by atoms with van der Waals surface area (Å²) in [6.07, 6.45) is -2.25. The first kappa shape index (κ1) is 23.1. The summed E-state index contributed by atoms with van der Waals surface area (Å²) in [6, 6.07) is 10.5. The van der Waals surface area contributed by atoms with Crippen LogP contribution in [0.4, 0.5) is 10.5 Å². The number of amides is 1. The zero-order valence-corrected chi connectivity index (χ0v) is 19.1. The number of ether oxygens (including phenoxy) is 4. The Balaban J connectivity index is 1.19. The second-order valence-corrected chi connectivity index (χ2v) is 8.24. The van der Waals surface area contributed by atoms with Gasteiger partial charge >= 0.3 is 6.09 Å². The minimum Gasteiger partial charge on any atom is -0.486 e. The molecule has 3 atom stereocenters. The Morgan fingerprint density at radius 2 is 2.00 bits per heavy atom. The Bertz CT molecular complexity index is 1220. The van der Waals surface area contributed by atoms with Crippen molar-refractivity contribution < 1.29 is 34.0 Å². The summed E-state index contributed by atoms with van der Waals surface area (Å²) in [7, 11) is 1.55. The molecule has 0 spiro atoms. The van der Waals surface area contributed by atoms with Gasteiger partial charge in [0.25, 0.3) is 0 Å². The van der Waals surface area contributed by atoms with Crippen LogP contribution in [0.25, 0.3) is 11.0 Å². The fourth-order valence-electron chi connectivity index (χ4n) is 4.11. The average Bonchev–Trinajstić information content (AvgIpc) is 3.29. The number of benzene rings is 1. The third-order valence-electron chi connectivity index (χ3n) is 5.97. The number of anilines is 1. The smallest absolute Gasteiger partial charge is 0.414 e. The van der Waals surface area contributed by atoms with Crippen LogP contribution >= 0.6 is 0 Å². The molecule has 3 aromatic rings. The fraction of sp³-hybridized carbons (Fsp3) is 0.375. The number of pyridine rings is 2. The average molecular weight is 482 g/mol. The predicted octanol–water partition coefficient (Wildman–Crippen LogP) is 1.25. The van der Waals surface area contributed by atoms with Crippen molar-refractivity contribution in [1.29, 1.82) is 0 Å². The zero-order chi connectivity index (χ0) is 24.4. The molecule has 5 rings (SSSR count). The van der Waals surface area contributed by atoms with Crippen molar-refractivity contribution in [2.45, 2.75) is 24.9 Å². The van der Waals surface area contributed by atoms with Gasteiger partial charge in [-0.25, -0.2) is 9.78 Å². The van der Waals surface area contributed by atoms with E-state index in [4.69, 9.17) is 18.9 Å². The number of methoxy groups -OCH3 is 1. The van der Waals surface area contributed by atoms with Crippen molar-refractivity contribution in [3.05, 3.63) is 48.2 Å². The fourth-order valence-corrected chi connectivity index (χ4v) is 4.11. The predicted molar refractivity (Wildman–Crippen MR) is 125 cm³/mol. The summed E-state index contributed by atoms with van der Waals surface area (Å²) in [5.74, 6) is 1.64. The van der Waals surface area contributed by atoms with E-state index in [0.717, 1.165) is 11.1 Å². The van der Waals surface area contributed by atoms with E-state index in [1.54, 1.807) is 37.6 Å². The standard InChI is InChI=1S/C24H26N4O7/c1-32-21-5-3-16-22(27-21)14(6-7-26-16)11-25-12-17(29)23(30)20-13-28(24(31)35-20)15-2-4-18-19(10-15)34-9-8-33-18/h2-7,10,17,20,23,25,29-30H,8-9,11-13H2,1H3/t17-,20-,23+/m0/s1. The second-order valence-electron chi connectivity index (χ2n) is 8.24. The molecule has 0 unspecified atom stereocenters. The van der Waals surface area contributed by atoms with E-state index in [1.807, 2.05) is 12.1 Å². The molecule has 0 aliphatic carbocycles. The van der Waals surface area contributed by atoms with Gasteiger partial charge in [0.15, 0.2) is 17.6 Å². The molecule has 1 fully saturated rings. The van der Waals surface area contributed by atoms with Crippen LogP contribution in [0.3, 0.4) is 0 Å². The van der Waals surface area contributed by atoms with Gasteiger partial charge in [-0.2, -0.15) is 0 Å². The number of hydrogen-bond donors (Lipinski definition) is 3. The summed E-state index contributed by atoms with van der Waals surface area (Å²) in [6.45, 7) is 1.46. The van der Waals surface area contributed by atoms with Gasteiger partial charge in [0, 0.05) is 31.4 Å². The maximum atomic E-state index is 12.5. The summed E-state index contributed by atoms with van der Waals surface area (Å²) < 4.78 is 21.6. The van der Waals surface area contributed by atoms with E-state index >= 15 is 0 Å². The van der Waals surface area contributed by atoms with E-state index in [9.17, 15) is 15.0 Å². The highest BCUT2D eigenvalue weighted by Gasteiger charge is 2.39. The van der Waals surface area contributed by atoms with Crippen molar-refractivity contribution in [2.75, 3.05) is 38.3 Å². The number of nitrogens with one attached hydrogen (secondary N) is 1. The molecule has 0 bridgehead atoms. The lowest BCUT2D eigenvalue weighted by Gasteiger charge is -2.23. The summed E-state index contributed by atoms with van der Waals surface area (Å²) in [4.78, 5) is 22.6.